The molecule has 0 bridgehead atoms. The van der Waals surface area contributed by atoms with Crippen LogP contribution in [0.25, 0.3) is 0 Å². The van der Waals surface area contributed by atoms with E-state index in [2.05, 4.69) is 13.8 Å². The van der Waals surface area contributed by atoms with Crippen molar-refractivity contribution in [3.05, 3.63) is 65.2 Å². The molecule has 3 fully saturated rings. The van der Waals surface area contributed by atoms with Crippen molar-refractivity contribution in [2.75, 3.05) is 11.9 Å². The number of hydrogen-bond acceptors (Lipinski definition) is 6. The molecule has 2 aromatic carbocycles. The lowest BCUT2D eigenvalue weighted by atomic mass is 9.90. The first-order valence-electron chi connectivity index (χ1n) is 10.3. The summed E-state index contributed by atoms with van der Waals surface area (Å²) in [7, 11) is 1.96. The van der Waals surface area contributed by atoms with Crippen molar-refractivity contribution in [3.63, 3.8) is 0 Å². The van der Waals surface area contributed by atoms with Gasteiger partial charge in [-0.1, -0.05) is 65.9 Å². The number of rotatable bonds is 3. The summed E-state index contributed by atoms with van der Waals surface area (Å²) in [5.74, 6) is -1.27. The molecule has 32 heavy (non-hydrogen) atoms. The lowest BCUT2D eigenvalue weighted by Crippen LogP contribution is -2.51. The summed E-state index contributed by atoms with van der Waals surface area (Å²) in [4.78, 5) is 36.6. The van der Waals surface area contributed by atoms with Crippen molar-refractivity contribution in [1.29, 1.82) is 0 Å². The van der Waals surface area contributed by atoms with Crippen LogP contribution in [0.3, 0.4) is 0 Å². The topological polar surface area (TPSA) is 53.1 Å². The molecule has 0 N–H and O–H groups in total. The van der Waals surface area contributed by atoms with Crippen molar-refractivity contribution in [2.45, 2.75) is 36.9 Å². The number of imide groups is 1. The second-order valence-corrected chi connectivity index (χ2v) is 10.9. The molecule has 0 aliphatic carbocycles. The molecule has 3 aliphatic heterocycles. The monoisotopic (exact) mass is 487 g/mol. The first-order valence-corrected chi connectivity index (χ1v) is 12.0. The van der Waals surface area contributed by atoms with Crippen molar-refractivity contribution >= 4 is 57.4 Å². The number of hydroxylamine groups is 2. The number of thioether (sulfide) groups is 1. The zero-order chi connectivity index (χ0) is 22.8. The van der Waals surface area contributed by atoms with Gasteiger partial charge in [-0.25, -0.2) is 4.90 Å². The van der Waals surface area contributed by atoms with Crippen LogP contribution in [0.2, 0.25) is 5.02 Å². The van der Waals surface area contributed by atoms with Crippen LogP contribution in [0, 0.1) is 5.92 Å². The molecule has 3 saturated heterocycles. The lowest BCUT2D eigenvalue weighted by Gasteiger charge is -2.39. The predicted molar refractivity (Wildman–Crippen MR) is 129 cm³/mol. The molecule has 0 saturated carbocycles. The van der Waals surface area contributed by atoms with Gasteiger partial charge < -0.3 is 4.90 Å². The van der Waals surface area contributed by atoms with E-state index in [1.165, 1.54) is 16.7 Å². The summed E-state index contributed by atoms with van der Waals surface area (Å²) in [6.07, 6.45) is -0.890. The first kappa shape index (κ1) is 21.9. The van der Waals surface area contributed by atoms with E-state index >= 15 is 0 Å². The zero-order valence-corrected chi connectivity index (χ0v) is 20.2. The Morgan fingerprint density at radius 1 is 1.03 bits per heavy atom. The minimum Gasteiger partial charge on any atom is -0.353 e. The second-order valence-electron chi connectivity index (χ2n) is 8.70. The van der Waals surface area contributed by atoms with Crippen LogP contribution in [0.4, 0.5) is 5.69 Å². The van der Waals surface area contributed by atoms with Gasteiger partial charge >= 0.3 is 0 Å². The van der Waals surface area contributed by atoms with Gasteiger partial charge in [-0.2, -0.15) is 5.06 Å². The van der Waals surface area contributed by atoms with E-state index in [-0.39, 0.29) is 22.7 Å². The van der Waals surface area contributed by atoms with Crippen LogP contribution in [-0.4, -0.2) is 50.2 Å². The quantitative estimate of drug-likeness (QED) is 0.473. The van der Waals surface area contributed by atoms with Gasteiger partial charge in [-0.3, -0.25) is 14.4 Å². The standard InChI is InChI=1S/C23H22ClN3O3S2/c1-23(2)21(32-22(31)25(23)3)27-17(13-9-11-14(24)12-10-13)16-18(30-27)20(29)26(19(16)28)15-7-5-4-6-8-15/h4-12,16-18,21H,1-3H3/t16-,17+,18-,21-/m0/s1. The van der Waals surface area contributed by atoms with Crippen LogP contribution >= 0.6 is 35.6 Å². The molecule has 0 radical (unpaired) electrons. The van der Waals surface area contributed by atoms with Gasteiger partial charge in [0.1, 0.15) is 9.69 Å². The number of fused-ring (bicyclic) bond motifs is 1. The molecule has 0 aromatic heterocycles. The van der Waals surface area contributed by atoms with Crippen LogP contribution in [0.1, 0.15) is 25.5 Å². The summed E-state index contributed by atoms with van der Waals surface area (Å²) in [6.45, 7) is 4.17. The number of anilines is 1. The van der Waals surface area contributed by atoms with E-state index in [0.29, 0.717) is 10.7 Å². The summed E-state index contributed by atoms with van der Waals surface area (Å²) < 4.78 is 0.749. The number of carbonyl (C=O) groups is 2. The molecule has 5 rings (SSSR count). The Labute approximate surface area is 201 Å². The second kappa shape index (κ2) is 7.81. The van der Waals surface area contributed by atoms with Crippen LogP contribution in [0.15, 0.2) is 54.6 Å². The van der Waals surface area contributed by atoms with Crippen molar-refractivity contribution < 1.29 is 14.4 Å². The van der Waals surface area contributed by atoms with Gasteiger partial charge in [0.2, 0.25) is 5.91 Å². The van der Waals surface area contributed by atoms with Crippen LogP contribution < -0.4 is 4.90 Å². The SMILES string of the molecule is CN1C(=S)S[C@H](N2O[C@@H]3C(=O)N(c4ccccc4)C(=O)[C@H]3[C@H]2c2ccc(Cl)cc2)C1(C)C. The van der Waals surface area contributed by atoms with Gasteiger partial charge in [0.15, 0.2) is 6.10 Å². The van der Waals surface area contributed by atoms with Gasteiger partial charge in [-0.15, -0.1) is 0 Å². The molecule has 0 unspecified atom stereocenters. The molecule has 2 aromatic rings. The number of likely N-dealkylation sites (N-methyl/N-ethyl adjacent to an activating group) is 1. The molecule has 166 valence electrons. The Bertz CT molecular complexity index is 1100. The fourth-order valence-corrected chi connectivity index (χ4v) is 6.51. The van der Waals surface area contributed by atoms with E-state index in [4.69, 9.17) is 28.7 Å². The molecule has 2 amide bonds. The maximum Gasteiger partial charge on any atom is 0.265 e. The number of para-hydroxylation sites is 1. The highest BCUT2D eigenvalue weighted by atomic mass is 35.5. The molecule has 0 spiro atoms. The molecule has 6 nitrogen and oxygen atoms in total. The third-order valence-corrected chi connectivity index (χ3v) is 8.86. The Kier molecular flexibility index (Phi) is 5.34. The first-order chi connectivity index (χ1) is 15.2. The van der Waals surface area contributed by atoms with E-state index in [9.17, 15) is 9.59 Å². The number of carbonyl (C=O) groups excluding carboxylic acids is 2. The molecule has 3 heterocycles. The molecule has 9 heteroatoms. The maximum atomic E-state index is 13.6. The normalized spacial score (nSPS) is 29.8. The number of halogens is 1. The van der Waals surface area contributed by atoms with E-state index in [1.54, 1.807) is 24.3 Å². The highest BCUT2D eigenvalue weighted by molar-refractivity contribution is 8.23. The highest BCUT2D eigenvalue weighted by Gasteiger charge is 2.63. The summed E-state index contributed by atoms with van der Waals surface area (Å²) in [5.41, 5.74) is 1.06. The average molecular weight is 488 g/mol. The molecular weight excluding hydrogens is 466 g/mol. The minimum absolute atomic E-state index is 0.197. The molecular formula is C23H22ClN3O3S2. The van der Waals surface area contributed by atoms with Crippen molar-refractivity contribution in [2.24, 2.45) is 5.92 Å². The number of hydrogen-bond donors (Lipinski definition) is 0. The van der Waals surface area contributed by atoms with Gasteiger partial charge in [0.25, 0.3) is 5.91 Å². The Hall–Kier alpha value is -1.97. The minimum atomic E-state index is -0.890. The van der Waals surface area contributed by atoms with Crippen molar-refractivity contribution in [1.82, 2.24) is 9.96 Å². The third kappa shape index (κ3) is 3.20. The molecule has 4 atom stereocenters. The number of amides is 2. The number of nitrogens with zero attached hydrogens (tertiary/aromatic N) is 3. The fraction of sp³-hybridized carbons (Fsp3) is 0.348. The average Bonchev–Trinajstić information content (AvgIpc) is 3.34. The van der Waals surface area contributed by atoms with Gasteiger partial charge in [-0.05, 0) is 43.7 Å². The van der Waals surface area contributed by atoms with E-state index in [0.717, 1.165) is 9.88 Å². The summed E-state index contributed by atoms with van der Waals surface area (Å²) in [5, 5.41) is 2.22. The highest BCUT2D eigenvalue weighted by Crippen LogP contribution is 2.52. The Balaban J connectivity index is 1.58. The van der Waals surface area contributed by atoms with Gasteiger partial charge in [0.05, 0.1) is 23.2 Å². The fourth-order valence-electron chi connectivity index (χ4n) is 4.56. The smallest absolute Gasteiger partial charge is 0.265 e. The van der Waals surface area contributed by atoms with Crippen molar-refractivity contribution in [3.8, 4) is 0 Å². The zero-order valence-electron chi connectivity index (χ0n) is 17.8. The predicted octanol–water partition coefficient (Wildman–Crippen LogP) is 4.25. The summed E-state index contributed by atoms with van der Waals surface area (Å²) >= 11 is 13.2. The Morgan fingerprint density at radius 3 is 2.28 bits per heavy atom. The van der Waals surface area contributed by atoms with Crippen LogP contribution in [-0.2, 0) is 14.4 Å². The summed E-state index contributed by atoms with van der Waals surface area (Å²) in [6, 6.07) is 15.9. The number of benzene rings is 2. The third-order valence-electron chi connectivity index (χ3n) is 6.56. The van der Waals surface area contributed by atoms with Crippen LogP contribution in [0.5, 0.6) is 0 Å². The van der Waals surface area contributed by atoms with E-state index < -0.39 is 18.1 Å². The molecule has 3 aliphatic rings. The largest absolute Gasteiger partial charge is 0.353 e. The van der Waals surface area contributed by atoms with Gasteiger partial charge in [0, 0.05) is 12.1 Å². The number of thiocarbonyl (C=S) groups is 1. The lowest BCUT2D eigenvalue weighted by molar-refractivity contribution is -0.188. The Morgan fingerprint density at radius 2 is 1.69 bits per heavy atom. The van der Waals surface area contributed by atoms with E-state index in [1.807, 2.05) is 47.3 Å². The maximum absolute atomic E-state index is 13.6.